The Hall–Kier alpha value is -4.18. The van der Waals surface area contributed by atoms with Gasteiger partial charge in [0.2, 0.25) is 11.8 Å². The minimum atomic E-state index is -0.402. The largest absolute Gasteiger partial charge is 0.354 e. The highest BCUT2D eigenvalue weighted by Gasteiger charge is 2.38. The van der Waals surface area contributed by atoms with Crippen LogP contribution in [0.1, 0.15) is 53.9 Å². The molecule has 4 aromatic rings. The summed E-state index contributed by atoms with van der Waals surface area (Å²) in [6.45, 7) is 3.10. The second-order valence-electron chi connectivity index (χ2n) is 10.5. The van der Waals surface area contributed by atoms with Crippen LogP contribution < -0.4 is 5.32 Å². The number of amides is 2. The molecule has 1 saturated carbocycles. The lowest BCUT2D eigenvalue weighted by Crippen LogP contribution is -2.53. The maximum atomic E-state index is 14.3. The number of benzene rings is 4. The normalized spacial score (nSPS) is 16.5. The van der Waals surface area contributed by atoms with Gasteiger partial charge in [0, 0.05) is 19.1 Å². The maximum Gasteiger partial charge on any atom is 0.234 e. The van der Waals surface area contributed by atoms with Crippen molar-refractivity contribution in [3.8, 4) is 0 Å². The van der Waals surface area contributed by atoms with Crippen LogP contribution in [0.25, 0.3) is 0 Å². The SMILES string of the molecule is CC1CC[C@@H]1N(CCNC(=O)C(c1ccccc1)c1ccccc1)C(=O)C(c1ccccc1)c1ccccc1. The minimum Gasteiger partial charge on any atom is -0.354 e. The van der Waals surface area contributed by atoms with E-state index in [4.69, 9.17) is 0 Å². The molecule has 1 aliphatic rings. The summed E-state index contributed by atoms with van der Waals surface area (Å²) in [6, 6.07) is 40.0. The van der Waals surface area contributed by atoms with E-state index in [1.54, 1.807) is 0 Å². The van der Waals surface area contributed by atoms with E-state index in [2.05, 4.69) is 12.2 Å². The van der Waals surface area contributed by atoms with E-state index in [0.29, 0.717) is 19.0 Å². The van der Waals surface area contributed by atoms with Crippen molar-refractivity contribution in [1.29, 1.82) is 0 Å². The van der Waals surface area contributed by atoms with Gasteiger partial charge in [0.05, 0.1) is 11.8 Å². The van der Waals surface area contributed by atoms with Crippen molar-refractivity contribution in [2.24, 2.45) is 5.92 Å². The van der Waals surface area contributed by atoms with Crippen LogP contribution in [0, 0.1) is 5.92 Å². The first-order valence-corrected chi connectivity index (χ1v) is 13.9. The Kier molecular flexibility index (Phi) is 8.52. The van der Waals surface area contributed by atoms with Gasteiger partial charge in [-0.2, -0.15) is 0 Å². The van der Waals surface area contributed by atoms with Gasteiger partial charge in [-0.05, 0) is 41.0 Å². The second kappa shape index (κ2) is 12.6. The zero-order chi connectivity index (χ0) is 27.0. The van der Waals surface area contributed by atoms with Gasteiger partial charge < -0.3 is 10.2 Å². The summed E-state index contributed by atoms with van der Waals surface area (Å²) in [5, 5.41) is 3.17. The molecule has 2 amide bonds. The summed E-state index contributed by atoms with van der Waals surface area (Å²) in [6.07, 6.45) is 2.11. The molecule has 0 heterocycles. The number of hydrogen-bond acceptors (Lipinski definition) is 2. The Balaban J connectivity index is 1.36. The van der Waals surface area contributed by atoms with E-state index >= 15 is 0 Å². The van der Waals surface area contributed by atoms with E-state index < -0.39 is 5.92 Å². The Morgan fingerprint density at radius 3 is 1.44 bits per heavy atom. The van der Waals surface area contributed by atoms with E-state index in [1.807, 2.05) is 126 Å². The van der Waals surface area contributed by atoms with Crippen LogP contribution in [-0.4, -0.2) is 35.8 Å². The van der Waals surface area contributed by atoms with Crippen LogP contribution in [0.3, 0.4) is 0 Å². The molecule has 0 spiro atoms. The topological polar surface area (TPSA) is 49.4 Å². The Morgan fingerprint density at radius 1 is 0.667 bits per heavy atom. The molecule has 39 heavy (non-hydrogen) atoms. The Labute approximate surface area is 231 Å². The molecule has 1 unspecified atom stereocenters. The molecule has 5 rings (SSSR count). The molecule has 1 fully saturated rings. The summed E-state index contributed by atoms with van der Waals surface area (Å²) >= 11 is 0. The average Bonchev–Trinajstić information content (AvgIpc) is 2.98. The predicted octanol–water partition coefficient (Wildman–Crippen LogP) is 6.39. The van der Waals surface area contributed by atoms with Gasteiger partial charge in [0.15, 0.2) is 0 Å². The third kappa shape index (κ3) is 6.12. The number of nitrogens with one attached hydrogen (secondary N) is 1. The fourth-order valence-electron chi connectivity index (χ4n) is 5.67. The third-order valence-corrected chi connectivity index (χ3v) is 7.95. The molecule has 0 aromatic heterocycles. The number of carbonyl (C=O) groups is 2. The van der Waals surface area contributed by atoms with Gasteiger partial charge in [-0.1, -0.05) is 128 Å². The lowest BCUT2D eigenvalue weighted by Gasteiger charge is -2.44. The first kappa shape index (κ1) is 26.4. The molecule has 0 radical (unpaired) electrons. The smallest absolute Gasteiger partial charge is 0.234 e. The van der Waals surface area contributed by atoms with Gasteiger partial charge in [0.1, 0.15) is 0 Å². The van der Waals surface area contributed by atoms with Gasteiger partial charge in [0.25, 0.3) is 0 Å². The van der Waals surface area contributed by atoms with Crippen LogP contribution in [0.2, 0.25) is 0 Å². The van der Waals surface area contributed by atoms with Crippen molar-refractivity contribution in [1.82, 2.24) is 10.2 Å². The molecule has 2 atom stereocenters. The number of hydrogen-bond donors (Lipinski definition) is 1. The first-order chi connectivity index (χ1) is 19.1. The fourth-order valence-corrected chi connectivity index (χ4v) is 5.67. The molecule has 1 aliphatic carbocycles. The highest BCUT2D eigenvalue weighted by Crippen LogP contribution is 2.35. The lowest BCUT2D eigenvalue weighted by molar-refractivity contribution is -0.138. The molecule has 4 aromatic carbocycles. The van der Waals surface area contributed by atoms with Crippen LogP contribution in [0.15, 0.2) is 121 Å². The monoisotopic (exact) mass is 516 g/mol. The van der Waals surface area contributed by atoms with Crippen LogP contribution >= 0.6 is 0 Å². The zero-order valence-electron chi connectivity index (χ0n) is 22.4. The molecule has 4 nitrogen and oxygen atoms in total. The van der Waals surface area contributed by atoms with Crippen molar-refractivity contribution in [2.45, 2.75) is 37.6 Å². The van der Waals surface area contributed by atoms with Crippen LogP contribution in [0.4, 0.5) is 0 Å². The third-order valence-electron chi connectivity index (χ3n) is 7.95. The maximum absolute atomic E-state index is 14.3. The predicted molar refractivity (Wildman–Crippen MR) is 156 cm³/mol. The molecule has 0 saturated heterocycles. The Bertz CT molecular complexity index is 1260. The summed E-state index contributed by atoms with van der Waals surface area (Å²) in [5.74, 6) is -0.291. The van der Waals surface area contributed by atoms with Crippen molar-refractivity contribution >= 4 is 11.8 Å². The molecular formula is C35H36N2O2. The highest BCUT2D eigenvalue weighted by molar-refractivity contribution is 5.88. The molecule has 1 N–H and O–H groups in total. The van der Waals surface area contributed by atoms with Gasteiger partial charge in [-0.15, -0.1) is 0 Å². The highest BCUT2D eigenvalue weighted by atomic mass is 16.2. The Morgan fingerprint density at radius 2 is 1.08 bits per heavy atom. The van der Waals surface area contributed by atoms with Crippen molar-refractivity contribution in [2.75, 3.05) is 13.1 Å². The number of rotatable bonds is 10. The van der Waals surface area contributed by atoms with Gasteiger partial charge in [-0.25, -0.2) is 0 Å². The van der Waals surface area contributed by atoms with E-state index in [0.717, 1.165) is 35.1 Å². The van der Waals surface area contributed by atoms with Crippen molar-refractivity contribution in [3.05, 3.63) is 144 Å². The summed E-state index contributed by atoms with van der Waals surface area (Å²) in [4.78, 5) is 29.9. The average molecular weight is 517 g/mol. The minimum absolute atomic E-state index is 0.0517. The molecule has 0 bridgehead atoms. The summed E-state index contributed by atoms with van der Waals surface area (Å²) in [7, 11) is 0. The fraction of sp³-hybridized carbons (Fsp3) is 0.257. The zero-order valence-corrected chi connectivity index (χ0v) is 22.4. The van der Waals surface area contributed by atoms with Crippen molar-refractivity contribution < 1.29 is 9.59 Å². The number of nitrogens with zero attached hydrogens (tertiary/aromatic N) is 1. The van der Waals surface area contributed by atoms with Gasteiger partial charge in [-0.3, -0.25) is 9.59 Å². The molecule has 4 heteroatoms. The number of carbonyl (C=O) groups excluding carboxylic acids is 2. The van der Waals surface area contributed by atoms with Crippen LogP contribution in [-0.2, 0) is 9.59 Å². The van der Waals surface area contributed by atoms with Gasteiger partial charge >= 0.3 is 0 Å². The van der Waals surface area contributed by atoms with Crippen LogP contribution in [0.5, 0.6) is 0 Å². The molecular weight excluding hydrogens is 480 g/mol. The van der Waals surface area contributed by atoms with E-state index in [1.165, 1.54) is 0 Å². The summed E-state index contributed by atoms with van der Waals surface area (Å²) in [5.41, 5.74) is 3.88. The standard InChI is InChI=1S/C35H36N2O2/c1-26-22-23-31(26)37(35(39)33(29-18-10-4-11-19-29)30-20-12-5-13-21-30)25-24-36-34(38)32(27-14-6-2-7-15-27)28-16-8-3-9-17-28/h2-21,26,31-33H,22-25H2,1H3,(H,36,38)/t26?,31-/m0/s1. The first-order valence-electron chi connectivity index (χ1n) is 13.9. The quantitative estimate of drug-likeness (QED) is 0.265. The molecule has 198 valence electrons. The second-order valence-corrected chi connectivity index (χ2v) is 10.5. The molecule has 0 aliphatic heterocycles. The van der Waals surface area contributed by atoms with Crippen molar-refractivity contribution in [3.63, 3.8) is 0 Å². The summed E-state index contributed by atoms with van der Waals surface area (Å²) < 4.78 is 0. The lowest BCUT2D eigenvalue weighted by atomic mass is 9.78. The van der Waals surface area contributed by atoms with E-state index in [-0.39, 0.29) is 23.8 Å². The van der Waals surface area contributed by atoms with E-state index in [9.17, 15) is 9.59 Å².